The van der Waals surface area contributed by atoms with Crippen molar-refractivity contribution in [1.82, 2.24) is 35.6 Å². The number of imide groups is 1. The van der Waals surface area contributed by atoms with Crippen LogP contribution in [-0.2, 0) is 75.0 Å². The van der Waals surface area contributed by atoms with E-state index in [2.05, 4.69) is 26.2 Å². The second-order valence-corrected chi connectivity index (χ2v) is 26.5. The number of thioether (sulfide) groups is 1. The summed E-state index contributed by atoms with van der Waals surface area (Å²) in [6.07, 6.45) is -1.94. The van der Waals surface area contributed by atoms with Gasteiger partial charge in [0.05, 0.1) is 36.7 Å². The number of carbonyl (C=O) groups excluding carboxylic acids is 11. The number of benzene rings is 3. The quantitative estimate of drug-likeness (QED) is 0.0333. The van der Waals surface area contributed by atoms with Crippen LogP contribution in [0.3, 0.4) is 0 Å². The molecule has 4 fully saturated rings. The summed E-state index contributed by atoms with van der Waals surface area (Å²) in [5.41, 5.74) is 5.17. The predicted molar refractivity (Wildman–Crippen MR) is 348 cm³/mol. The van der Waals surface area contributed by atoms with Gasteiger partial charge >= 0.3 is 18.2 Å². The first-order valence-electron chi connectivity index (χ1n) is 32.5. The lowest BCUT2D eigenvalue weighted by Crippen LogP contribution is -2.55. The molecule has 9 amide bonds. The molecule has 0 radical (unpaired) electrons. The van der Waals surface area contributed by atoms with Crippen molar-refractivity contribution in [1.29, 1.82) is 0 Å². The Hall–Kier alpha value is -8.10. The van der Waals surface area contributed by atoms with Gasteiger partial charge in [0.25, 0.3) is 0 Å². The zero-order chi connectivity index (χ0) is 70.0. The SMILES string of the molecule is COc1cccc2c1C(=O)c1cc3c(cc1C2=O)C[C@@](O)(C(=O)COC(=O)N(C)CCN(C)C(=O)OCc1ccc(NC(=O)[C@H](CCCNC(N)=O)NC(=O)[C@@H](NC(=O)CCCCCN2C(=O)CC(SC)C2=O)C(C)C)cc1)C[C@@H]3O[C@H]1C[C@H]2[C@H](O[C@@H]3[C@@H](OC)OCCN32)[C@H](C)O1. The molecule has 97 heavy (non-hydrogen) atoms. The van der Waals surface area contributed by atoms with Gasteiger partial charge < -0.3 is 79.8 Å². The zero-order valence-corrected chi connectivity index (χ0v) is 56.6. The number of ketones is 3. The number of nitrogens with zero attached hydrogens (tertiary/aromatic N) is 4. The molecule has 526 valence electrons. The Morgan fingerprint density at radius 2 is 1.59 bits per heavy atom. The number of fused-ring (bicyclic) bond motifs is 6. The van der Waals surface area contributed by atoms with Crippen molar-refractivity contribution in [2.45, 2.75) is 158 Å². The fourth-order valence-corrected chi connectivity index (χ4v) is 13.6. The van der Waals surface area contributed by atoms with Crippen molar-refractivity contribution < 1.29 is 95.7 Å². The van der Waals surface area contributed by atoms with Crippen molar-refractivity contribution in [3.8, 4) is 5.75 Å². The van der Waals surface area contributed by atoms with E-state index in [1.54, 1.807) is 69.7 Å². The van der Waals surface area contributed by atoms with E-state index >= 15 is 0 Å². The molecular formula is C67H87N9O20S. The Labute approximate surface area is 566 Å². The lowest BCUT2D eigenvalue weighted by atomic mass is 9.73. The molecule has 1 unspecified atom stereocenters. The first-order chi connectivity index (χ1) is 46.3. The maximum Gasteiger partial charge on any atom is 0.409 e. The van der Waals surface area contributed by atoms with Crippen LogP contribution < -0.4 is 31.7 Å². The van der Waals surface area contributed by atoms with Crippen LogP contribution in [0.15, 0.2) is 54.6 Å². The Morgan fingerprint density at radius 1 is 0.866 bits per heavy atom. The van der Waals surface area contributed by atoms with E-state index in [4.69, 9.17) is 43.6 Å². The molecule has 0 saturated carbocycles. The zero-order valence-electron chi connectivity index (χ0n) is 55.8. The molecule has 0 bridgehead atoms. The Bertz CT molecular complexity index is 3470. The maximum absolute atomic E-state index is 14.3. The smallest absolute Gasteiger partial charge is 0.409 e. The maximum atomic E-state index is 14.3. The summed E-state index contributed by atoms with van der Waals surface area (Å²) in [6, 6.07) is 11.1. The minimum Gasteiger partial charge on any atom is -0.496 e. The van der Waals surface area contributed by atoms with Gasteiger partial charge in [-0.15, -0.1) is 0 Å². The number of amides is 9. The topological polar surface area (TPSA) is 369 Å². The fraction of sp³-hybridized carbons (Fsp3) is 0.567. The molecule has 4 heterocycles. The normalized spacial score (nSPS) is 24.0. The predicted octanol–water partition coefficient (Wildman–Crippen LogP) is 3.71. The molecule has 4 aliphatic heterocycles. The summed E-state index contributed by atoms with van der Waals surface area (Å²) in [7, 11) is 5.81. The van der Waals surface area contributed by atoms with Crippen molar-refractivity contribution in [3.05, 3.63) is 93.5 Å². The molecule has 3 aromatic rings. The number of hydrogen-bond donors (Lipinski definition) is 6. The molecule has 2 aliphatic carbocycles. The van der Waals surface area contributed by atoms with Gasteiger partial charge in [0, 0.05) is 114 Å². The third-order valence-electron chi connectivity index (χ3n) is 18.4. The first kappa shape index (κ1) is 73.2. The van der Waals surface area contributed by atoms with Crippen LogP contribution in [-0.4, -0.2) is 230 Å². The second-order valence-electron chi connectivity index (χ2n) is 25.4. The van der Waals surface area contributed by atoms with Crippen LogP contribution in [0.5, 0.6) is 5.75 Å². The molecular weight excluding hydrogens is 1280 g/mol. The van der Waals surface area contributed by atoms with Crippen molar-refractivity contribution in [3.63, 3.8) is 0 Å². The molecule has 7 N–H and O–H groups in total. The molecule has 9 rings (SSSR count). The van der Waals surface area contributed by atoms with Crippen LogP contribution >= 0.6 is 11.8 Å². The third-order valence-corrected chi connectivity index (χ3v) is 19.3. The highest BCUT2D eigenvalue weighted by Gasteiger charge is 2.55. The van der Waals surface area contributed by atoms with Crippen LogP contribution in [0.1, 0.15) is 133 Å². The number of hydrogen-bond acceptors (Lipinski definition) is 22. The van der Waals surface area contributed by atoms with Gasteiger partial charge in [0.1, 0.15) is 36.1 Å². The number of nitrogens with two attached hydrogens (primary N) is 1. The van der Waals surface area contributed by atoms with E-state index in [0.717, 1.165) is 4.90 Å². The van der Waals surface area contributed by atoms with Crippen molar-refractivity contribution >= 4 is 82.6 Å². The summed E-state index contributed by atoms with van der Waals surface area (Å²) in [5, 5.41) is 22.8. The van der Waals surface area contributed by atoms with E-state index < -0.39 is 103 Å². The summed E-state index contributed by atoms with van der Waals surface area (Å²) in [5.74, 6) is -3.87. The first-order valence-corrected chi connectivity index (χ1v) is 33.8. The number of likely N-dealkylation sites (N-methyl/N-ethyl adjacent to an activating group) is 2. The van der Waals surface area contributed by atoms with Gasteiger partial charge in [0.2, 0.25) is 35.3 Å². The van der Waals surface area contributed by atoms with Gasteiger partial charge in [-0.2, -0.15) is 11.8 Å². The Balaban J connectivity index is 0.752. The van der Waals surface area contributed by atoms with Gasteiger partial charge in [-0.05, 0) is 91.8 Å². The lowest BCUT2D eigenvalue weighted by Gasteiger charge is -2.43. The van der Waals surface area contributed by atoms with Gasteiger partial charge in [-0.3, -0.25) is 48.2 Å². The number of methoxy groups -OCH3 is 2. The number of Topliss-reactive ketones (excluding diaryl/α,β-unsaturated/α-hetero) is 1. The fourth-order valence-electron chi connectivity index (χ4n) is 13.0. The molecule has 4 saturated heterocycles. The van der Waals surface area contributed by atoms with Crippen molar-refractivity contribution in [2.24, 2.45) is 11.7 Å². The highest BCUT2D eigenvalue weighted by atomic mass is 32.2. The minimum atomic E-state index is -2.20. The van der Waals surface area contributed by atoms with Crippen LogP contribution in [0.2, 0.25) is 0 Å². The molecule has 30 heteroatoms. The number of rotatable bonds is 29. The number of primary amides is 1. The average molecular weight is 1370 g/mol. The van der Waals surface area contributed by atoms with E-state index in [1.807, 2.05) is 6.92 Å². The van der Waals surface area contributed by atoms with E-state index in [9.17, 15) is 57.8 Å². The average Bonchev–Trinajstić information content (AvgIpc) is 1.26. The Morgan fingerprint density at radius 3 is 2.27 bits per heavy atom. The largest absolute Gasteiger partial charge is 0.496 e. The highest BCUT2D eigenvalue weighted by Crippen LogP contribution is 2.46. The monoisotopic (exact) mass is 1370 g/mol. The molecule has 29 nitrogen and oxygen atoms in total. The summed E-state index contributed by atoms with van der Waals surface area (Å²) < 4.78 is 47.4. The molecule has 11 atom stereocenters. The minimum absolute atomic E-state index is 0.0327. The van der Waals surface area contributed by atoms with Gasteiger partial charge in [0.15, 0.2) is 37.0 Å². The van der Waals surface area contributed by atoms with E-state index in [1.165, 1.54) is 54.9 Å². The molecule has 0 spiro atoms. The number of anilines is 1. The lowest BCUT2D eigenvalue weighted by molar-refractivity contribution is -0.256. The number of likely N-dealkylation sites (tertiary alicyclic amines) is 1. The van der Waals surface area contributed by atoms with Gasteiger partial charge in [-0.25, -0.2) is 14.4 Å². The number of aliphatic hydroxyl groups is 1. The summed E-state index contributed by atoms with van der Waals surface area (Å²) in [4.78, 5) is 152. The summed E-state index contributed by atoms with van der Waals surface area (Å²) in [6.45, 7) is 5.57. The number of carbonyl (C=O) groups is 11. The second kappa shape index (κ2) is 32.5. The summed E-state index contributed by atoms with van der Waals surface area (Å²) >= 11 is 1.34. The third kappa shape index (κ3) is 17.3. The standard InChI is InChI=1S/C67H87N9O20S/c1-36(2)55(72-51(78)17-10-9-11-23-76-52(79)31-49(97-8)61(76)84)60(83)71-45(15-13-22-69-64(68)85)59(82)70-40-20-18-38(19-21-40)34-92-65(86)73(4)24-25-74(5)66(87)93-35-50(77)67(88)32-39-28-43-44(57(81)54-41(56(43)80)14-12-16-47(54)89-6)29-42(39)48(33-67)95-53-30-46-58(37(3)94-53)96-62-63(90-7)91-27-26-75(46)62/h12,14,16,18-21,28-29,36-37,45-46,48-49,53,55,58,62-63,88H,9-11,13,15,17,22-27,30-35H2,1-8H3,(H,70,82)(H,71,83)(H,72,78)(H3,68,69,85)/t37-,45-,46-,48-,49?,53-,55-,58+,62+,63-,67-/m0/s1. The number of urea groups is 1. The molecule has 6 aliphatic rings. The Kier molecular flexibility index (Phi) is 24.5. The number of unbranched alkanes of at least 4 members (excludes halogenated alkanes) is 2. The van der Waals surface area contributed by atoms with E-state index in [0.29, 0.717) is 61.2 Å². The number of nitrogens with one attached hydrogen (secondary N) is 4. The van der Waals surface area contributed by atoms with Crippen molar-refractivity contribution in [2.75, 3.05) is 85.8 Å². The van der Waals surface area contributed by atoms with Crippen LogP contribution in [0.25, 0.3) is 0 Å². The van der Waals surface area contributed by atoms with Gasteiger partial charge in [-0.1, -0.05) is 44.5 Å². The molecule has 3 aromatic carbocycles. The van der Waals surface area contributed by atoms with Crippen LogP contribution in [0.4, 0.5) is 20.1 Å². The highest BCUT2D eigenvalue weighted by molar-refractivity contribution is 8.00. The van der Waals surface area contributed by atoms with Crippen LogP contribution in [0, 0.1) is 5.92 Å². The van der Waals surface area contributed by atoms with E-state index in [-0.39, 0.29) is 140 Å². The number of morpholine rings is 1. The number of ether oxygens (including phenoxy) is 8. The molecule has 0 aromatic heterocycles.